The molecule has 0 radical (unpaired) electrons. The van der Waals surface area contributed by atoms with Crippen LogP contribution in [0.25, 0.3) is 0 Å². The Hall–Kier alpha value is -1.88. The van der Waals surface area contributed by atoms with Crippen LogP contribution in [-0.2, 0) is 4.84 Å². The maximum Gasteiger partial charge on any atom is 0.351 e. The van der Waals surface area contributed by atoms with E-state index in [1.165, 1.54) is 12.0 Å². The molecule has 0 bridgehead atoms. The van der Waals surface area contributed by atoms with Crippen LogP contribution < -0.4 is 0 Å². The zero-order chi connectivity index (χ0) is 12.1. The number of hydrogen-bond acceptors (Lipinski definition) is 3. The lowest BCUT2D eigenvalue weighted by Crippen LogP contribution is -2.42. The topological polar surface area (TPSA) is 49.9 Å². The molecule has 0 fully saturated rings. The number of nitrogens with zero attached hydrogens (tertiary/aromatic N) is 2. The molecule has 0 atom stereocenters. The first-order valence-electron chi connectivity index (χ1n) is 4.73. The maximum absolute atomic E-state index is 11.9. The summed E-state index contributed by atoms with van der Waals surface area (Å²) >= 11 is 0. The molecule has 0 saturated carbocycles. The lowest BCUT2D eigenvalue weighted by Gasteiger charge is -2.21. The Morgan fingerprint density at radius 2 is 1.69 bits per heavy atom. The summed E-state index contributed by atoms with van der Waals surface area (Å²) in [5, 5.41) is 0.718. The number of rotatable bonds is 2. The van der Waals surface area contributed by atoms with Crippen LogP contribution in [0.5, 0.6) is 0 Å². The zero-order valence-electron chi connectivity index (χ0n) is 9.51. The zero-order valence-corrected chi connectivity index (χ0v) is 9.51. The van der Waals surface area contributed by atoms with Crippen molar-refractivity contribution in [3.63, 3.8) is 0 Å². The van der Waals surface area contributed by atoms with Crippen LogP contribution in [0.2, 0.25) is 0 Å². The van der Waals surface area contributed by atoms with Crippen molar-refractivity contribution in [2.45, 2.75) is 0 Å². The Morgan fingerprint density at radius 1 is 1.12 bits per heavy atom. The molecule has 0 unspecified atom stereocenters. The second-order valence-corrected chi connectivity index (χ2v) is 3.33. The summed E-state index contributed by atoms with van der Waals surface area (Å²) in [6, 6.07) is 7.97. The summed E-state index contributed by atoms with van der Waals surface area (Å²) in [6.07, 6.45) is 0. The normalized spacial score (nSPS) is 9.69. The van der Waals surface area contributed by atoms with Gasteiger partial charge in [-0.1, -0.05) is 18.2 Å². The Bertz CT molecular complexity index is 376. The molecule has 0 spiro atoms. The van der Waals surface area contributed by atoms with E-state index in [0.29, 0.717) is 5.56 Å². The third-order valence-corrected chi connectivity index (χ3v) is 1.94. The Morgan fingerprint density at radius 3 is 2.12 bits per heavy atom. The van der Waals surface area contributed by atoms with Crippen molar-refractivity contribution in [2.75, 3.05) is 21.2 Å². The lowest BCUT2D eigenvalue weighted by atomic mass is 10.2. The molecule has 3 amide bonds. The van der Waals surface area contributed by atoms with Crippen molar-refractivity contribution >= 4 is 11.9 Å². The van der Waals surface area contributed by atoms with Gasteiger partial charge in [0.1, 0.15) is 0 Å². The van der Waals surface area contributed by atoms with Crippen LogP contribution in [0.1, 0.15) is 10.4 Å². The Labute approximate surface area is 94.2 Å². The van der Waals surface area contributed by atoms with Gasteiger partial charge in [-0.15, -0.1) is 5.06 Å². The van der Waals surface area contributed by atoms with Crippen LogP contribution in [0.4, 0.5) is 4.79 Å². The second-order valence-electron chi connectivity index (χ2n) is 3.33. The van der Waals surface area contributed by atoms with Gasteiger partial charge < -0.3 is 4.90 Å². The van der Waals surface area contributed by atoms with E-state index in [9.17, 15) is 9.59 Å². The quantitative estimate of drug-likeness (QED) is 0.710. The minimum atomic E-state index is -0.517. The predicted octanol–water partition coefficient (Wildman–Crippen LogP) is 1.37. The smallest absolute Gasteiger partial charge is 0.329 e. The van der Waals surface area contributed by atoms with Gasteiger partial charge in [0, 0.05) is 19.7 Å². The third-order valence-electron chi connectivity index (χ3n) is 1.94. The van der Waals surface area contributed by atoms with Crippen LogP contribution >= 0.6 is 0 Å². The molecule has 0 saturated heterocycles. The van der Waals surface area contributed by atoms with Gasteiger partial charge in [-0.2, -0.15) is 0 Å². The summed E-state index contributed by atoms with van der Waals surface area (Å²) in [6.45, 7) is 0. The average molecular weight is 222 g/mol. The first-order chi connectivity index (χ1) is 7.57. The van der Waals surface area contributed by atoms with Gasteiger partial charge in [-0.05, 0) is 12.1 Å². The van der Waals surface area contributed by atoms with Gasteiger partial charge >= 0.3 is 6.03 Å². The van der Waals surface area contributed by atoms with Gasteiger partial charge in [0.05, 0.1) is 7.11 Å². The van der Waals surface area contributed by atoms with Gasteiger partial charge in [0.15, 0.2) is 0 Å². The van der Waals surface area contributed by atoms with Crippen LogP contribution in [0.15, 0.2) is 30.3 Å². The minimum Gasteiger partial charge on any atom is -0.329 e. The highest BCUT2D eigenvalue weighted by molar-refractivity contribution is 6.02. The second kappa shape index (κ2) is 5.27. The number of hydrogen-bond donors (Lipinski definition) is 0. The average Bonchev–Trinajstić information content (AvgIpc) is 2.30. The van der Waals surface area contributed by atoms with E-state index in [1.807, 2.05) is 0 Å². The fraction of sp³-hybridized carbons (Fsp3) is 0.273. The minimum absolute atomic E-state index is 0.402. The van der Waals surface area contributed by atoms with Crippen LogP contribution in [-0.4, -0.2) is 43.1 Å². The van der Waals surface area contributed by atoms with E-state index >= 15 is 0 Å². The SMILES string of the molecule is CON(C(=O)c1ccccc1)C(=O)N(C)C. The van der Waals surface area contributed by atoms with Crippen LogP contribution in [0, 0.1) is 0 Å². The molecular formula is C11H14N2O3. The van der Waals surface area contributed by atoms with E-state index in [2.05, 4.69) is 0 Å². The summed E-state index contributed by atoms with van der Waals surface area (Å²) in [7, 11) is 4.38. The first-order valence-corrected chi connectivity index (χ1v) is 4.73. The van der Waals surface area contributed by atoms with Crippen LogP contribution in [0.3, 0.4) is 0 Å². The molecule has 5 heteroatoms. The Kier molecular flexibility index (Phi) is 4.02. The summed E-state index contributed by atoms with van der Waals surface area (Å²) in [5.41, 5.74) is 0.402. The molecule has 86 valence electrons. The molecule has 0 aromatic heterocycles. The molecule has 1 aromatic rings. The molecule has 5 nitrogen and oxygen atoms in total. The van der Waals surface area contributed by atoms with E-state index in [4.69, 9.17) is 4.84 Å². The summed E-state index contributed by atoms with van der Waals surface area (Å²) in [5.74, 6) is -0.484. The van der Waals surface area contributed by atoms with Gasteiger partial charge in [0.25, 0.3) is 5.91 Å². The molecule has 1 rings (SSSR count). The number of imide groups is 1. The first kappa shape index (κ1) is 12.2. The monoisotopic (exact) mass is 222 g/mol. The molecule has 0 N–H and O–H groups in total. The lowest BCUT2D eigenvalue weighted by molar-refractivity contribution is -0.0655. The number of hydroxylamine groups is 2. The van der Waals surface area contributed by atoms with Crippen molar-refractivity contribution in [1.82, 2.24) is 9.96 Å². The van der Waals surface area contributed by atoms with Crippen molar-refractivity contribution in [1.29, 1.82) is 0 Å². The summed E-state index contributed by atoms with van der Waals surface area (Å²) in [4.78, 5) is 29.5. The molecule has 0 heterocycles. The molecule has 0 aliphatic rings. The standard InChI is InChI=1S/C11H14N2O3/c1-12(2)11(15)13(16-3)10(14)9-7-5-4-6-8-9/h4-8H,1-3H3. The maximum atomic E-state index is 11.9. The number of urea groups is 1. The van der Waals surface area contributed by atoms with Crippen molar-refractivity contribution in [2.24, 2.45) is 0 Å². The number of carbonyl (C=O) groups excluding carboxylic acids is 2. The highest BCUT2D eigenvalue weighted by Gasteiger charge is 2.24. The molecule has 16 heavy (non-hydrogen) atoms. The van der Waals surface area contributed by atoms with Gasteiger partial charge in [-0.25, -0.2) is 4.79 Å². The van der Waals surface area contributed by atoms with Gasteiger partial charge in [0.2, 0.25) is 0 Å². The molecule has 1 aromatic carbocycles. The van der Waals surface area contributed by atoms with Gasteiger partial charge in [-0.3, -0.25) is 9.63 Å². The highest BCUT2D eigenvalue weighted by atomic mass is 16.7. The Balaban J connectivity index is 2.91. The van der Waals surface area contributed by atoms with Crippen molar-refractivity contribution < 1.29 is 14.4 Å². The molecule has 0 aliphatic heterocycles. The fourth-order valence-corrected chi connectivity index (χ4v) is 1.13. The van der Waals surface area contributed by atoms with E-state index in [1.54, 1.807) is 44.4 Å². The van der Waals surface area contributed by atoms with Crippen molar-refractivity contribution in [3.05, 3.63) is 35.9 Å². The number of benzene rings is 1. The third kappa shape index (κ3) is 2.58. The van der Waals surface area contributed by atoms with E-state index in [0.717, 1.165) is 5.06 Å². The number of amides is 3. The highest BCUT2D eigenvalue weighted by Crippen LogP contribution is 2.06. The van der Waals surface area contributed by atoms with E-state index < -0.39 is 11.9 Å². The molecular weight excluding hydrogens is 208 g/mol. The van der Waals surface area contributed by atoms with Crippen molar-refractivity contribution in [3.8, 4) is 0 Å². The summed E-state index contributed by atoms with van der Waals surface area (Å²) < 4.78 is 0. The predicted molar refractivity (Wildman–Crippen MR) is 58.7 cm³/mol. The van der Waals surface area contributed by atoms with E-state index in [-0.39, 0.29) is 0 Å². The number of carbonyl (C=O) groups is 2. The largest absolute Gasteiger partial charge is 0.351 e. The fourth-order valence-electron chi connectivity index (χ4n) is 1.13. The molecule has 0 aliphatic carbocycles.